The third kappa shape index (κ3) is 13.9. The molecule has 2 aliphatic carbocycles. The van der Waals surface area contributed by atoms with E-state index in [1.807, 2.05) is 0 Å². The Kier molecular flexibility index (Phi) is 12.4. The topological polar surface area (TPSA) is 198 Å². The first kappa shape index (κ1) is 37.1. The second-order valence-electron chi connectivity index (χ2n) is 12.9. The zero-order valence-corrected chi connectivity index (χ0v) is 24.6. The Labute approximate surface area is 241 Å². The van der Waals surface area contributed by atoms with Gasteiger partial charge >= 0.3 is 18.2 Å². The van der Waals surface area contributed by atoms with Gasteiger partial charge in [0.25, 0.3) is 0 Å². The molecule has 0 spiro atoms. The number of halogens is 4. The maximum atomic E-state index is 12.8. The summed E-state index contributed by atoms with van der Waals surface area (Å²) in [7, 11) is 0. The van der Waals surface area contributed by atoms with Crippen LogP contribution in [0.15, 0.2) is 0 Å². The summed E-state index contributed by atoms with van der Waals surface area (Å²) in [5.41, 5.74) is 3.46. The molecule has 2 aliphatic rings. The number of carboxylic acid groups (broad SMARTS) is 1. The van der Waals surface area contributed by atoms with Gasteiger partial charge in [-0.25, -0.2) is 31.9 Å². The second-order valence-corrected chi connectivity index (χ2v) is 12.9. The maximum Gasteiger partial charge on any atom is 0.407 e. The van der Waals surface area contributed by atoms with Gasteiger partial charge in [-0.2, -0.15) is 0 Å². The molecule has 2 saturated carbocycles. The monoisotopic (exact) mass is 617 g/mol. The third-order valence-electron chi connectivity index (χ3n) is 6.23. The first-order chi connectivity index (χ1) is 18.8. The van der Waals surface area contributed by atoms with Crippen LogP contribution in [0.2, 0.25) is 0 Å². The molecule has 0 heterocycles. The maximum absolute atomic E-state index is 12.8. The van der Waals surface area contributed by atoms with Gasteiger partial charge in [-0.3, -0.25) is 4.79 Å². The van der Waals surface area contributed by atoms with Crippen molar-refractivity contribution >= 4 is 24.1 Å². The average molecular weight is 618 g/mol. The number of ether oxygens (including phenoxy) is 2. The molecule has 3 amide bonds. The van der Waals surface area contributed by atoms with E-state index >= 15 is 0 Å². The molecule has 7 N–H and O–H groups in total. The van der Waals surface area contributed by atoms with Crippen molar-refractivity contribution in [3.8, 4) is 0 Å². The summed E-state index contributed by atoms with van der Waals surface area (Å²) in [6.45, 7) is 9.83. The molecule has 0 aliphatic heterocycles. The van der Waals surface area contributed by atoms with Crippen molar-refractivity contribution in [2.24, 2.45) is 17.6 Å². The lowest BCUT2D eigenvalue weighted by Gasteiger charge is -2.37. The number of nitrogens with two attached hydrogens (primary N) is 1. The van der Waals surface area contributed by atoms with Gasteiger partial charge < -0.3 is 41.2 Å². The quantitative estimate of drug-likeness (QED) is 0.200. The first-order valence-corrected chi connectivity index (χ1v) is 13.4. The first-order valence-electron chi connectivity index (χ1n) is 13.4. The molecule has 0 aromatic carbocycles. The molecule has 4 unspecified atom stereocenters. The van der Waals surface area contributed by atoms with Gasteiger partial charge in [-0.05, 0) is 66.2 Å². The largest absolute Gasteiger partial charge is 0.479 e. The SMILES string of the molecule is CC(C)(C)OC(=O)NC(CC1CC(F)(F)C1)C(O)C(=O)O.CC(C)(C)OC(=O)NC(CC1CC(F)(F)C1)C(O)C(N)=O. The molecule has 0 aromatic rings. The van der Waals surface area contributed by atoms with Gasteiger partial charge in [0, 0.05) is 25.7 Å². The molecule has 0 saturated heterocycles. The van der Waals surface area contributed by atoms with Gasteiger partial charge in [-0.1, -0.05) is 0 Å². The van der Waals surface area contributed by atoms with Crippen LogP contribution >= 0.6 is 0 Å². The standard InChI is InChI=1S/C13H22F2N2O4.C13H21F2NO5/c1-12(2,3)21-11(20)17-8(9(18)10(16)19)4-7-5-13(14,15)6-7;1-12(2,3)21-11(20)16-8(9(17)10(18)19)4-7-5-13(14,15)6-7/h7-9,18H,4-6H2,1-3H3,(H2,16,19)(H,17,20);7-9,17H,4-6H2,1-3H3,(H,16,20)(H,18,19). The van der Waals surface area contributed by atoms with Crippen LogP contribution in [-0.2, 0) is 19.1 Å². The highest BCUT2D eigenvalue weighted by Gasteiger charge is 2.48. The van der Waals surface area contributed by atoms with E-state index in [4.69, 9.17) is 20.3 Å². The molecule has 16 heteroatoms. The van der Waals surface area contributed by atoms with Crippen LogP contribution in [0.4, 0.5) is 27.2 Å². The number of hydrogen-bond acceptors (Lipinski definition) is 8. The lowest BCUT2D eigenvalue weighted by atomic mass is 9.76. The van der Waals surface area contributed by atoms with Crippen molar-refractivity contribution in [1.29, 1.82) is 0 Å². The fraction of sp³-hybridized carbons (Fsp3) is 0.846. The molecule has 0 radical (unpaired) electrons. The summed E-state index contributed by atoms with van der Waals surface area (Å²) in [6, 6.07) is -2.21. The fourth-order valence-electron chi connectivity index (χ4n) is 4.44. The minimum absolute atomic E-state index is 0.0394. The van der Waals surface area contributed by atoms with E-state index in [-0.39, 0.29) is 44.4 Å². The number of nitrogens with one attached hydrogen (secondary N) is 2. The molecule has 2 fully saturated rings. The Balaban J connectivity index is 0.000000420. The lowest BCUT2D eigenvalue weighted by Crippen LogP contribution is -2.52. The number of hydrogen-bond donors (Lipinski definition) is 6. The highest BCUT2D eigenvalue weighted by atomic mass is 19.3. The fourth-order valence-corrected chi connectivity index (χ4v) is 4.44. The number of carbonyl (C=O) groups excluding carboxylic acids is 3. The number of rotatable bonds is 10. The predicted molar refractivity (Wildman–Crippen MR) is 140 cm³/mol. The van der Waals surface area contributed by atoms with Crippen LogP contribution in [0.5, 0.6) is 0 Å². The van der Waals surface area contributed by atoms with Crippen LogP contribution in [0, 0.1) is 11.8 Å². The van der Waals surface area contributed by atoms with Crippen molar-refractivity contribution in [1.82, 2.24) is 10.6 Å². The summed E-state index contributed by atoms with van der Waals surface area (Å²) in [5.74, 6) is -8.82. The van der Waals surface area contributed by atoms with Crippen LogP contribution in [-0.4, -0.2) is 86.7 Å². The Bertz CT molecular complexity index is 878. The van der Waals surface area contributed by atoms with Gasteiger partial charge in [-0.15, -0.1) is 0 Å². The van der Waals surface area contributed by atoms with Crippen LogP contribution in [0.25, 0.3) is 0 Å². The molecule has 0 bridgehead atoms. The summed E-state index contributed by atoms with van der Waals surface area (Å²) in [4.78, 5) is 45.2. The highest BCUT2D eigenvalue weighted by molar-refractivity contribution is 5.80. The average Bonchev–Trinajstić information content (AvgIpc) is 2.72. The zero-order chi connectivity index (χ0) is 32.8. The summed E-state index contributed by atoms with van der Waals surface area (Å²) < 4.78 is 61.2. The van der Waals surface area contributed by atoms with Gasteiger partial charge in [0.1, 0.15) is 11.2 Å². The number of aliphatic hydroxyl groups is 2. The number of amides is 3. The summed E-state index contributed by atoms with van der Waals surface area (Å²) in [5, 5.41) is 32.7. The molecular formula is C26H43F4N3O9. The van der Waals surface area contributed by atoms with Crippen LogP contribution in [0.1, 0.15) is 80.1 Å². The second kappa shape index (κ2) is 14.1. The van der Waals surface area contributed by atoms with E-state index < -0.39 is 77.3 Å². The predicted octanol–water partition coefficient (Wildman–Crippen LogP) is 2.92. The van der Waals surface area contributed by atoms with E-state index in [0.717, 1.165) is 0 Å². The normalized spacial score (nSPS) is 21.0. The van der Waals surface area contributed by atoms with E-state index in [0.29, 0.717) is 0 Å². The summed E-state index contributed by atoms with van der Waals surface area (Å²) in [6.07, 6.45) is -6.63. The number of aliphatic hydroxyl groups excluding tert-OH is 2. The Morgan fingerprint density at radius 2 is 1.07 bits per heavy atom. The zero-order valence-electron chi connectivity index (χ0n) is 24.6. The van der Waals surface area contributed by atoms with E-state index in [1.54, 1.807) is 41.5 Å². The number of carbonyl (C=O) groups is 4. The Morgan fingerprint density at radius 1 is 0.762 bits per heavy atom. The van der Waals surface area contributed by atoms with Crippen LogP contribution < -0.4 is 16.4 Å². The molecule has 2 rings (SSSR count). The Hall–Kier alpha value is -2.88. The van der Waals surface area contributed by atoms with Crippen molar-refractivity contribution in [3.63, 3.8) is 0 Å². The van der Waals surface area contributed by atoms with Gasteiger partial charge in [0.15, 0.2) is 12.2 Å². The number of primary amides is 1. The van der Waals surface area contributed by atoms with E-state index in [1.165, 1.54) is 0 Å². The van der Waals surface area contributed by atoms with Gasteiger partial charge in [0.2, 0.25) is 17.8 Å². The molecule has 0 aromatic heterocycles. The number of alkyl carbamates (subject to hydrolysis) is 2. The molecular weight excluding hydrogens is 574 g/mol. The van der Waals surface area contributed by atoms with Crippen molar-refractivity contribution in [2.75, 3.05) is 0 Å². The highest BCUT2D eigenvalue weighted by Crippen LogP contribution is 2.45. The third-order valence-corrected chi connectivity index (χ3v) is 6.23. The molecule has 42 heavy (non-hydrogen) atoms. The number of alkyl halides is 4. The number of carboxylic acids is 1. The van der Waals surface area contributed by atoms with Crippen molar-refractivity contribution in [2.45, 2.75) is 127 Å². The van der Waals surface area contributed by atoms with E-state index in [9.17, 15) is 47.0 Å². The molecule has 244 valence electrons. The minimum atomic E-state index is -2.74. The summed E-state index contributed by atoms with van der Waals surface area (Å²) >= 11 is 0. The van der Waals surface area contributed by atoms with Gasteiger partial charge in [0.05, 0.1) is 12.1 Å². The Morgan fingerprint density at radius 3 is 1.31 bits per heavy atom. The molecule has 4 atom stereocenters. The van der Waals surface area contributed by atoms with Crippen molar-refractivity contribution < 1.29 is 61.5 Å². The van der Waals surface area contributed by atoms with Crippen molar-refractivity contribution in [3.05, 3.63) is 0 Å². The van der Waals surface area contributed by atoms with E-state index in [2.05, 4.69) is 10.6 Å². The smallest absolute Gasteiger partial charge is 0.407 e. The van der Waals surface area contributed by atoms with Crippen LogP contribution in [0.3, 0.4) is 0 Å². The number of aliphatic carboxylic acids is 1. The minimum Gasteiger partial charge on any atom is -0.479 e. The lowest BCUT2D eigenvalue weighted by molar-refractivity contribution is -0.150. The molecule has 12 nitrogen and oxygen atoms in total.